The van der Waals surface area contributed by atoms with Gasteiger partial charge in [0.15, 0.2) is 0 Å². The third kappa shape index (κ3) is 2.81. The van der Waals surface area contributed by atoms with E-state index in [0.29, 0.717) is 11.1 Å². The van der Waals surface area contributed by atoms with Gasteiger partial charge in [-0.05, 0) is 24.1 Å². The zero-order valence-corrected chi connectivity index (χ0v) is 10.6. The smallest absolute Gasteiger partial charge is 0.313 e. The minimum Gasteiger partial charge on any atom is -0.462 e. The van der Waals surface area contributed by atoms with Crippen LogP contribution in [0.3, 0.4) is 0 Å². The molecule has 3 heteroatoms. The molecule has 2 aromatic carbocycles. The quantitative estimate of drug-likeness (QED) is 0.779. The van der Waals surface area contributed by atoms with E-state index in [1.54, 1.807) is 19.1 Å². The van der Waals surface area contributed by atoms with Gasteiger partial charge in [0, 0.05) is 5.56 Å². The van der Waals surface area contributed by atoms with E-state index >= 15 is 0 Å². The van der Waals surface area contributed by atoms with Crippen LogP contribution in [0.5, 0.6) is 0 Å². The SMILES string of the molecule is [CH2]OC(=O)C(C)c1ccc(-c2ccccc2)c(F)c1. The second-order valence-corrected chi connectivity index (χ2v) is 4.29. The van der Waals surface area contributed by atoms with Crippen LogP contribution in [0.25, 0.3) is 11.1 Å². The van der Waals surface area contributed by atoms with Crippen molar-refractivity contribution in [2.24, 2.45) is 0 Å². The molecule has 1 atom stereocenters. The maximum Gasteiger partial charge on any atom is 0.313 e. The fourth-order valence-corrected chi connectivity index (χ4v) is 1.91. The Balaban J connectivity index is 2.35. The zero-order valence-electron chi connectivity index (χ0n) is 10.6. The Morgan fingerprint density at radius 3 is 2.47 bits per heavy atom. The Morgan fingerprint density at radius 1 is 1.21 bits per heavy atom. The highest BCUT2D eigenvalue weighted by Crippen LogP contribution is 2.26. The Labute approximate surface area is 111 Å². The first-order valence-electron chi connectivity index (χ1n) is 5.94. The third-order valence-corrected chi connectivity index (χ3v) is 3.07. The summed E-state index contributed by atoms with van der Waals surface area (Å²) in [7, 11) is 3.08. The van der Waals surface area contributed by atoms with Crippen LogP contribution >= 0.6 is 0 Å². The van der Waals surface area contributed by atoms with Crippen molar-refractivity contribution in [3.63, 3.8) is 0 Å². The van der Waals surface area contributed by atoms with E-state index in [1.165, 1.54) is 6.07 Å². The van der Waals surface area contributed by atoms with E-state index in [4.69, 9.17) is 0 Å². The summed E-state index contributed by atoms with van der Waals surface area (Å²) >= 11 is 0. The molecule has 2 aromatic rings. The standard InChI is InChI=1S/C16H14FO2/c1-11(16(18)19-2)13-8-9-14(15(17)10-13)12-6-4-3-5-7-12/h3-11H,2H2,1H3. The van der Waals surface area contributed by atoms with Gasteiger partial charge < -0.3 is 4.74 Å². The fourth-order valence-electron chi connectivity index (χ4n) is 1.91. The maximum absolute atomic E-state index is 14.1. The maximum atomic E-state index is 14.1. The number of ether oxygens (including phenoxy) is 1. The van der Waals surface area contributed by atoms with Crippen LogP contribution in [0.4, 0.5) is 4.39 Å². The molecule has 1 unspecified atom stereocenters. The van der Waals surface area contributed by atoms with E-state index < -0.39 is 11.9 Å². The molecular weight excluding hydrogens is 243 g/mol. The first kappa shape index (κ1) is 13.3. The van der Waals surface area contributed by atoms with Crippen LogP contribution in [0.15, 0.2) is 48.5 Å². The second-order valence-electron chi connectivity index (χ2n) is 4.29. The van der Waals surface area contributed by atoms with Crippen LogP contribution in [0, 0.1) is 12.9 Å². The summed E-state index contributed by atoms with van der Waals surface area (Å²) in [5.74, 6) is -1.36. The molecule has 0 fully saturated rings. The van der Waals surface area contributed by atoms with Gasteiger partial charge in [0.25, 0.3) is 0 Å². The van der Waals surface area contributed by atoms with Crippen LogP contribution in [0.1, 0.15) is 18.4 Å². The lowest BCUT2D eigenvalue weighted by molar-refractivity contribution is -0.139. The zero-order chi connectivity index (χ0) is 13.8. The van der Waals surface area contributed by atoms with Crippen molar-refractivity contribution >= 4 is 5.97 Å². The Morgan fingerprint density at radius 2 is 1.89 bits per heavy atom. The summed E-state index contributed by atoms with van der Waals surface area (Å²) in [6, 6.07) is 14.0. The van der Waals surface area contributed by atoms with Crippen molar-refractivity contribution < 1.29 is 13.9 Å². The van der Waals surface area contributed by atoms with Gasteiger partial charge in [-0.2, -0.15) is 0 Å². The largest absolute Gasteiger partial charge is 0.462 e. The van der Waals surface area contributed by atoms with Crippen LogP contribution in [-0.4, -0.2) is 5.97 Å². The van der Waals surface area contributed by atoms with E-state index in [9.17, 15) is 9.18 Å². The number of carbonyl (C=O) groups excluding carboxylic acids is 1. The van der Waals surface area contributed by atoms with Crippen LogP contribution < -0.4 is 0 Å². The molecule has 0 spiro atoms. The molecule has 0 heterocycles. The molecular formula is C16H14FO2. The Kier molecular flexibility index (Phi) is 3.95. The number of rotatable bonds is 3. The fraction of sp³-hybridized carbons (Fsp3) is 0.125. The summed E-state index contributed by atoms with van der Waals surface area (Å²) in [4.78, 5) is 11.4. The molecule has 0 saturated carbocycles. The minimum atomic E-state index is -0.531. The lowest BCUT2D eigenvalue weighted by Gasteiger charge is -2.11. The molecule has 1 radical (unpaired) electrons. The molecule has 97 valence electrons. The summed E-state index contributed by atoms with van der Waals surface area (Å²) in [6.07, 6.45) is 0. The molecule has 0 saturated heterocycles. The number of hydrogen-bond acceptors (Lipinski definition) is 2. The van der Waals surface area contributed by atoms with Crippen molar-refractivity contribution in [1.29, 1.82) is 0 Å². The normalized spacial score (nSPS) is 11.9. The van der Waals surface area contributed by atoms with Crippen molar-refractivity contribution in [1.82, 2.24) is 0 Å². The number of carbonyl (C=O) groups is 1. The van der Waals surface area contributed by atoms with Gasteiger partial charge in [-0.25, -0.2) is 4.39 Å². The van der Waals surface area contributed by atoms with Gasteiger partial charge in [-0.1, -0.05) is 42.5 Å². The third-order valence-electron chi connectivity index (χ3n) is 3.07. The Hall–Kier alpha value is -2.16. The van der Waals surface area contributed by atoms with E-state index in [1.807, 2.05) is 30.3 Å². The number of benzene rings is 2. The Bertz CT molecular complexity index is 579. The predicted molar refractivity (Wildman–Crippen MR) is 71.7 cm³/mol. The summed E-state index contributed by atoms with van der Waals surface area (Å²) in [5.41, 5.74) is 1.89. The first-order valence-corrected chi connectivity index (χ1v) is 5.94. The number of halogens is 1. The molecule has 0 aliphatic rings. The van der Waals surface area contributed by atoms with Gasteiger partial charge in [0.2, 0.25) is 0 Å². The molecule has 19 heavy (non-hydrogen) atoms. The lowest BCUT2D eigenvalue weighted by atomic mass is 9.97. The van der Waals surface area contributed by atoms with Crippen molar-refractivity contribution in [3.05, 3.63) is 67.0 Å². The summed E-state index contributed by atoms with van der Waals surface area (Å²) in [6.45, 7) is 1.66. The first-order chi connectivity index (χ1) is 9.13. The lowest BCUT2D eigenvalue weighted by Crippen LogP contribution is -2.10. The molecule has 0 aliphatic heterocycles. The van der Waals surface area contributed by atoms with Crippen LogP contribution in [-0.2, 0) is 9.53 Å². The molecule has 2 rings (SSSR count). The van der Waals surface area contributed by atoms with Crippen LogP contribution in [0.2, 0.25) is 0 Å². The van der Waals surface area contributed by atoms with Gasteiger partial charge in [0.1, 0.15) is 12.9 Å². The van der Waals surface area contributed by atoms with Crippen molar-refractivity contribution in [2.45, 2.75) is 12.8 Å². The van der Waals surface area contributed by atoms with Gasteiger partial charge >= 0.3 is 5.97 Å². The number of hydrogen-bond donors (Lipinski definition) is 0. The van der Waals surface area contributed by atoms with Crippen molar-refractivity contribution in [2.75, 3.05) is 0 Å². The monoisotopic (exact) mass is 257 g/mol. The molecule has 0 aromatic heterocycles. The topological polar surface area (TPSA) is 26.3 Å². The highest BCUT2D eigenvalue weighted by atomic mass is 19.1. The van der Waals surface area contributed by atoms with Gasteiger partial charge in [-0.15, -0.1) is 0 Å². The van der Waals surface area contributed by atoms with E-state index in [2.05, 4.69) is 11.8 Å². The highest BCUT2D eigenvalue weighted by molar-refractivity contribution is 5.78. The van der Waals surface area contributed by atoms with Gasteiger partial charge in [-0.3, -0.25) is 4.79 Å². The molecule has 0 aliphatic carbocycles. The predicted octanol–water partition coefficient (Wildman–Crippen LogP) is 3.93. The van der Waals surface area contributed by atoms with E-state index in [0.717, 1.165) is 5.56 Å². The molecule has 0 N–H and O–H groups in total. The average Bonchev–Trinajstić information content (AvgIpc) is 2.46. The van der Waals surface area contributed by atoms with Crippen molar-refractivity contribution in [3.8, 4) is 11.1 Å². The molecule has 0 amide bonds. The minimum absolute atomic E-state index is 0.354. The summed E-state index contributed by atoms with van der Waals surface area (Å²) in [5, 5.41) is 0. The number of esters is 1. The summed E-state index contributed by atoms with van der Waals surface area (Å²) < 4.78 is 18.5. The van der Waals surface area contributed by atoms with Gasteiger partial charge in [0.05, 0.1) is 5.92 Å². The molecule has 2 nitrogen and oxygen atoms in total. The highest BCUT2D eigenvalue weighted by Gasteiger charge is 2.17. The average molecular weight is 257 g/mol. The second kappa shape index (κ2) is 5.65. The molecule has 0 bridgehead atoms. The van der Waals surface area contributed by atoms with E-state index in [-0.39, 0.29) is 5.82 Å².